The average Bonchev–Trinajstić information content (AvgIpc) is 2.67. The fourth-order valence-corrected chi connectivity index (χ4v) is 2.86. The third-order valence-corrected chi connectivity index (χ3v) is 3.70. The Morgan fingerprint density at radius 2 is 2.53 bits per heavy atom. The summed E-state index contributed by atoms with van der Waals surface area (Å²) in [6.45, 7) is 5.49. The minimum absolute atomic E-state index is 0.436. The highest BCUT2D eigenvalue weighted by atomic mass is 32.1. The molecule has 1 atom stereocenters. The molecule has 0 radical (unpaired) electrons. The highest BCUT2D eigenvalue weighted by Gasteiger charge is 2.20. The zero-order valence-corrected chi connectivity index (χ0v) is 10.3. The molecule has 1 aliphatic heterocycles. The SMILES string of the molecule is CCCc1nc(C2CN(C)CCN2)cs1. The van der Waals surface area contributed by atoms with Crippen LogP contribution >= 0.6 is 11.3 Å². The van der Waals surface area contributed by atoms with Crippen LogP contribution in [-0.2, 0) is 6.42 Å². The maximum atomic E-state index is 4.69. The zero-order valence-electron chi connectivity index (χ0n) is 9.49. The summed E-state index contributed by atoms with van der Waals surface area (Å²) in [5, 5.41) is 7.01. The monoisotopic (exact) mass is 225 g/mol. The zero-order chi connectivity index (χ0) is 10.7. The van der Waals surface area contributed by atoms with Crippen LogP contribution in [0.4, 0.5) is 0 Å². The molecule has 4 heteroatoms. The molecule has 0 aromatic carbocycles. The second-order valence-electron chi connectivity index (χ2n) is 4.19. The molecule has 3 nitrogen and oxygen atoms in total. The lowest BCUT2D eigenvalue weighted by Crippen LogP contribution is -2.43. The van der Waals surface area contributed by atoms with Crippen molar-refractivity contribution in [3.05, 3.63) is 16.1 Å². The van der Waals surface area contributed by atoms with Crippen LogP contribution in [0, 0.1) is 0 Å². The molecule has 1 aromatic rings. The summed E-state index contributed by atoms with van der Waals surface area (Å²) in [5.41, 5.74) is 1.23. The molecule has 1 saturated heterocycles. The van der Waals surface area contributed by atoms with Gasteiger partial charge in [-0.1, -0.05) is 6.92 Å². The van der Waals surface area contributed by atoms with Gasteiger partial charge in [-0.25, -0.2) is 4.98 Å². The van der Waals surface area contributed by atoms with Crippen LogP contribution in [0.2, 0.25) is 0 Å². The molecule has 1 aromatic heterocycles. The molecule has 0 amide bonds. The molecule has 0 spiro atoms. The maximum absolute atomic E-state index is 4.69. The third kappa shape index (κ3) is 2.77. The van der Waals surface area contributed by atoms with Crippen molar-refractivity contribution in [2.75, 3.05) is 26.7 Å². The molecular weight excluding hydrogens is 206 g/mol. The van der Waals surface area contributed by atoms with Crippen molar-refractivity contribution in [1.82, 2.24) is 15.2 Å². The quantitative estimate of drug-likeness (QED) is 0.848. The van der Waals surface area contributed by atoms with Crippen molar-refractivity contribution >= 4 is 11.3 Å². The minimum atomic E-state index is 0.436. The molecule has 1 unspecified atom stereocenters. The number of likely N-dealkylation sites (N-methyl/N-ethyl adjacent to an activating group) is 1. The lowest BCUT2D eigenvalue weighted by Gasteiger charge is -2.29. The van der Waals surface area contributed by atoms with E-state index in [2.05, 4.69) is 34.6 Å². The van der Waals surface area contributed by atoms with Gasteiger partial charge < -0.3 is 10.2 Å². The Kier molecular flexibility index (Phi) is 3.72. The van der Waals surface area contributed by atoms with Gasteiger partial charge >= 0.3 is 0 Å². The van der Waals surface area contributed by atoms with Gasteiger partial charge in [0.15, 0.2) is 0 Å². The van der Waals surface area contributed by atoms with E-state index in [9.17, 15) is 0 Å². The first-order valence-electron chi connectivity index (χ1n) is 5.66. The van der Waals surface area contributed by atoms with E-state index in [1.54, 1.807) is 11.3 Å². The number of nitrogens with zero attached hydrogens (tertiary/aromatic N) is 2. The lowest BCUT2D eigenvalue weighted by molar-refractivity contribution is 0.238. The van der Waals surface area contributed by atoms with Gasteiger partial charge in [0.25, 0.3) is 0 Å². The summed E-state index contributed by atoms with van der Waals surface area (Å²) < 4.78 is 0. The van der Waals surface area contributed by atoms with Gasteiger partial charge in [0.1, 0.15) is 0 Å². The van der Waals surface area contributed by atoms with Crippen LogP contribution in [0.5, 0.6) is 0 Å². The van der Waals surface area contributed by atoms with Crippen molar-refractivity contribution in [3.8, 4) is 0 Å². The van der Waals surface area contributed by atoms with Crippen LogP contribution in [0.1, 0.15) is 30.1 Å². The Hall–Kier alpha value is -0.450. The third-order valence-electron chi connectivity index (χ3n) is 2.77. The topological polar surface area (TPSA) is 28.2 Å². The second-order valence-corrected chi connectivity index (χ2v) is 5.13. The van der Waals surface area contributed by atoms with Crippen LogP contribution in [0.25, 0.3) is 0 Å². The van der Waals surface area contributed by atoms with Gasteiger partial charge in [-0.3, -0.25) is 0 Å². The summed E-state index contributed by atoms with van der Waals surface area (Å²) >= 11 is 1.80. The van der Waals surface area contributed by atoms with Crippen molar-refractivity contribution < 1.29 is 0 Å². The predicted octanol–water partition coefficient (Wildman–Crippen LogP) is 1.67. The number of hydrogen-bond donors (Lipinski definition) is 1. The van der Waals surface area contributed by atoms with Crippen molar-refractivity contribution in [2.45, 2.75) is 25.8 Å². The summed E-state index contributed by atoms with van der Waals surface area (Å²) in [4.78, 5) is 7.05. The van der Waals surface area contributed by atoms with Crippen LogP contribution < -0.4 is 5.32 Å². The molecule has 84 valence electrons. The van der Waals surface area contributed by atoms with Gasteiger partial charge in [-0.05, 0) is 19.9 Å². The van der Waals surface area contributed by atoms with Crippen molar-refractivity contribution in [2.24, 2.45) is 0 Å². The van der Waals surface area contributed by atoms with E-state index in [0.29, 0.717) is 6.04 Å². The minimum Gasteiger partial charge on any atom is -0.306 e. The molecular formula is C11H19N3S. The smallest absolute Gasteiger partial charge is 0.0928 e. The largest absolute Gasteiger partial charge is 0.306 e. The normalized spacial score (nSPS) is 23.2. The Balaban J connectivity index is 2.01. The molecule has 15 heavy (non-hydrogen) atoms. The van der Waals surface area contributed by atoms with Crippen LogP contribution in [-0.4, -0.2) is 36.6 Å². The molecule has 1 aliphatic rings. The van der Waals surface area contributed by atoms with Gasteiger partial charge in [-0.2, -0.15) is 0 Å². The number of rotatable bonds is 3. The fraction of sp³-hybridized carbons (Fsp3) is 0.727. The Morgan fingerprint density at radius 3 is 3.27 bits per heavy atom. The van der Waals surface area contributed by atoms with Crippen molar-refractivity contribution in [1.29, 1.82) is 0 Å². The Morgan fingerprint density at radius 1 is 1.67 bits per heavy atom. The number of aromatic nitrogens is 1. The standard InChI is InChI=1S/C11H19N3S/c1-3-4-11-13-10(8-15-11)9-7-14(2)6-5-12-9/h8-9,12H,3-7H2,1-2H3. The number of hydrogen-bond acceptors (Lipinski definition) is 4. The van der Waals surface area contributed by atoms with Crippen molar-refractivity contribution in [3.63, 3.8) is 0 Å². The molecule has 1 N–H and O–H groups in total. The Labute approximate surface area is 95.5 Å². The number of thiazole rings is 1. The van der Waals surface area contributed by atoms with Crippen LogP contribution in [0.15, 0.2) is 5.38 Å². The van der Waals surface area contributed by atoms with E-state index in [1.807, 2.05) is 0 Å². The van der Waals surface area contributed by atoms with Gasteiger partial charge in [0.05, 0.1) is 16.7 Å². The maximum Gasteiger partial charge on any atom is 0.0928 e. The molecule has 0 bridgehead atoms. The Bertz CT molecular complexity index is 311. The summed E-state index contributed by atoms with van der Waals surface area (Å²) in [6, 6.07) is 0.436. The first-order chi connectivity index (χ1) is 7.29. The second kappa shape index (κ2) is 5.05. The average molecular weight is 225 g/mol. The van der Waals surface area contributed by atoms with E-state index >= 15 is 0 Å². The van der Waals surface area contributed by atoms with Gasteiger partial charge in [0.2, 0.25) is 0 Å². The molecule has 2 rings (SSSR count). The number of piperazine rings is 1. The van der Waals surface area contributed by atoms with E-state index < -0.39 is 0 Å². The lowest BCUT2D eigenvalue weighted by atomic mass is 10.2. The van der Waals surface area contributed by atoms with Crippen LogP contribution in [0.3, 0.4) is 0 Å². The highest BCUT2D eigenvalue weighted by Crippen LogP contribution is 2.20. The summed E-state index contributed by atoms with van der Waals surface area (Å²) in [6.07, 6.45) is 2.30. The van der Waals surface area contributed by atoms with E-state index in [0.717, 1.165) is 26.1 Å². The highest BCUT2D eigenvalue weighted by molar-refractivity contribution is 7.09. The number of aryl methyl sites for hydroxylation is 1. The molecule has 1 fully saturated rings. The molecule has 0 aliphatic carbocycles. The van der Waals surface area contributed by atoms with E-state index in [4.69, 9.17) is 0 Å². The predicted molar refractivity (Wildman–Crippen MR) is 64.3 cm³/mol. The van der Waals surface area contributed by atoms with E-state index in [1.165, 1.54) is 17.1 Å². The summed E-state index contributed by atoms with van der Waals surface area (Å²) in [7, 11) is 2.17. The number of nitrogens with one attached hydrogen (secondary N) is 1. The van der Waals surface area contributed by atoms with Gasteiger partial charge in [0, 0.05) is 25.0 Å². The fourth-order valence-electron chi connectivity index (χ4n) is 1.91. The van der Waals surface area contributed by atoms with Gasteiger partial charge in [-0.15, -0.1) is 11.3 Å². The first kappa shape index (κ1) is 11.0. The first-order valence-corrected chi connectivity index (χ1v) is 6.53. The van der Waals surface area contributed by atoms with E-state index in [-0.39, 0.29) is 0 Å². The molecule has 0 saturated carbocycles. The summed E-state index contributed by atoms with van der Waals surface area (Å²) in [5.74, 6) is 0. The molecule has 2 heterocycles.